The monoisotopic (exact) mass is 382 g/mol. The highest BCUT2D eigenvalue weighted by molar-refractivity contribution is 7.21. The number of fused-ring (bicyclic) bond motifs is 1. The molecule has 0 aliphatic carbocycles. The normalized spacial score (nSPS) is 11.5. The van der Waals surface area contributed by atoms with Gasteiger partial charge in [0.15, 0.2) is 0 Å². The molecule has 7 heteroatoms. The third-order valence-corrected chi connectivity index (χ3v) is 4.75. The minimum absolute atomic E-state index is 0.191. The van der Waals surface area contributed by atoms with Gasteiger partial charge in [0.1, 0.15) is 5.75 Å². The van der Waals surface area contributed by atoms with Crippen molar-refractivity contribution < 1.29 is 22.7 Å². The molecule has 0 radical (unpaired) electrons. The average molecular weight is 383 g/mol. The van der Waals surface area contributed by atoms with Gasteiger partial charge in [0.25, 0.3) is 0 Å². The number of hydrogen-bond donors (Lipinski definition) is 0. The number of thiophene rings is 1. The zero-order chi connectivity index (χ0) is 18.2. The number of hydrogen-bond acceptors (Lipinski definition) is 3. The third-order valence-electron chi connectivity index (χ3n) is 3.42. The molecule has 128 valence electrons. The smallest absolute Gasteiger partial charge is 0.406 e. The molecule has 0 unspecified atom stereocenters. The van der Waals surface area contributed by atoms with E-state index >= 15 is 0 Å². The van der Waals surface area contributed by atoms with Crippen LogP contribution >= 0.6 is 22.9 Å². The summed E-state index contributed by atoms with van der Waals surface area (Å²) >= 11 is 7.22. The number of allylic oxidation sites excluding steroid dienone is 1. The van der Waals surface area contributed by atoms with Crippen LogP contribution in [0.4, 0.5) is 13.2 Å². The first-order valence-electron chi connectivity index (χ1n) is 7.02. The molecule has 0 aliphatic rings. The van der Waals surface area contributed by atoms with Crippen LogP contribution in [-0.4, -0.2) is 12.1 Å². The topological polar surface area (TPSA) is 26.3 Å². The summed E-state index contributed by atoms with van der Waals surface area (Å²) in [5.74, 6) is -0.644. The molecule has 0 bridgehead atoms. The van der Waals surface area contributed by atoms with Crippen molar-refractivity contribution in [2.45, 2.75) is 6.36 Å². The van der Waals surface area contributed by atoms with Crippen LogP contribution in [0.5, 0.6) is 5.75 Å². The molecular weight excluding hydrogens is 373 g/mol. The molecule has 25 heavy (non-hydrogen) atoms. The molecule has 1 heterocycles. The Balaban J connectivity index is 1.82. The second-order valence-electron chi connectivity index (χ2n) is 5.17. The van der Waals surface area contributed by atoms with E-state index in [-0.39, 0.29) is 17.1 Å². The first kappa shape index (κ1) is 17.5. The van der Waals surface area contributed by atoms with Crippen LogP contribution in [0.25, 0.3) is 15.7 Å². The SMILES string of the molecule is C=C(C(=O)c1cc2ccc(Cl)cc2s1)c1ccc(OC(F)(F)F)cc1. The highest BCUT2D eigenvalue weighted by Crippen LogP contribution is 2.32. The van der Waals surface area contributed by atoms with Crippen molar-refractivity contribution in [3.05, 3.63) is 70.6 Å². The van der Waals surface area contributed by atoms with Gasteiger partial charge in [-0.3, -0.25) is 4.79 Å². The zero-order valence-corrected chi connectivity index (χ0v) is 14.1. The molecule has 3 rings (SSSR count). The van der Waals surface area contributed by atoms with Gasteiger partial charge in [-0.25, -0.2) is 0 Å². The molecule has 0 saturated carbocycles. The Kier molecular flexibility index (Phi) is 4.58. The van der Waals surface area contributed by atoms with Gasteiger partial charge in [-0.2, -0.15) is 0 Å². The molecule has 2 nitrogen and oxygen atoms in total. The molecule has 0 saturated heterocycles. The lowest BCUT2D eigenvalue weighted by Gasteiger charge is -2.09. The number of Topliss-reactive ketones (excluding diaryl/α,β-unsaturated/α-hetero) is 1. The molecule has 0 spiro atoms. The van der Waals surface area contributed by atoms with Crippen LogP contribution in [-0.2, 0) is 0 Å². The summed E-state index contributed by atoms with van der Waals surface area (Å²) in [4.78, 5) is 13.1. The predicted molar refractivity (Wildman–Crippen MR) is 93.3 cm³/mol. The molecule has 0 aliphatic heterocycles. The summed E-state index contributed by atoms with van der Waals surface area (Å²) in [6.45, 7) is 3.76. The molecule has 0 amide bonds. The lowest BCUT2D eigenvalue weighted by atomic mass is 10.0. The Morgan fingerprint density at radius 1 is 1.08 bits per heavy atom. The van der Waals surface area contributed by atoms with Gasteiger partial charge in [-0.05, 0) is 41.3 Å². The Morgan fingerprint density at radius 2 is 1.76 bits per heavy atom. The van der Waals surface area contributed by atoms with Crippen molar-refractivity contribution in [3.8, 4) is 5.75 Å². The summed E-state index contributed by atoms with van der Waals surface area (Å²) in [6, 6.07) is 12.1. The van der Waals surface area contributed by atoms with E-state index in [2.05, 4.69) is 11.3 Å². The Morgan fingerprint density at radius 3 is 2.40 bits per heavy atom. The van der Waals surface area contributed by atoms with Gasteiger partial charge in [-0.15, -0.1) is 24.5 Å². The largest absolute Gasteiger partial charge is 0.573 e. The van der Waals surface area contributed by atoms with Crippen LogP contribution in [0.15, 0.2) is 55.1 Å². The van der Waals surface area contributed by atoms with Crippen molar-refractivity contribution >= 4 is 44.4 Å². The first-order valence-corrected chi connectivity index (χ1v) is 8.21. The van der Waals surface area contributed by atoms with Crippen LogP contribution in [0.1, 0.15) is 15.2 Å². The fourth-order valence-electron chi connectivity index (χ4n) is 2.25. The van der Waals surface area contributed by atoms with Crippen LogP contribution in [0.2, 0.25) is 5.02 Å². The van der Waals surface area contributed by atoms with E-state index in [4.69, 9.17) is 11.6 Å². The summed E-state index contributed by atoms with van der Waals surface area (Å²) in [5.41, 5.74) is 0.617. The maximum Gasteiger partial charge on any atom is 0.573 e. The van der Waals surface area contributed by atoms with Crippen molar-refractivity contribution in [1.82, 2.24) is 0 Å². The van der Waals surface area contributed by atoms with E-state index in [0.717, 1.165) is 22.2 Å². The number of ether oxygens (including phenoxy) is 1. The predicted octanol–water partition coefficient (Wildman–Crippen LogP) is 6.35. The number of rotatable bonds is 4. The Labute approximate surface area is 150 Å². The van der Waals surface area contributed by atoms with E-state index in [0.29, 0.717) is 15.5 Å². The molecular formula is C18H10ClF3O2S. The van der Waals surface area contributed by atoms with E-state index in [9.17, 15) is 18.0 Å². The quantitative estimate of drug-likeness (QED) is 0.388. The molecule has 3 aromatic rings. The number of alkyl halides is 3. The first-order chi connectivity index (χ1) is 11.7. The maximum atomic E-state index is 12.6. The summed E-state index contributed by atoms with van der Waals surface area (Å²) in [7, 11) is 0. The standard InChI is InChI=1S/C18H10ClF3O2S/c1-10(11-3-6-14(7-4-11)24-18(20,21)22)17(23)16-8-12-2-5-13(19)9-15(12)25-16/h2-9H,1H2. The lowest BCUT2D eigenvalue weighted by Crippen LogP contribution is -2.17. The molecule has 0 N–H and O–H groups in total. The number of benzene rings is 2. The van der Waals surface area contributed by atoms with Crippen LogP contribution in [0, 0.1) is 0 Å². The van der Waals surface area contributed by atoms with E-state index in [1.165, 1.54) is 23.5 Å². The molecule has 2 aromatic carbocycles. The van der Waals surface area contributed by atoms with Gasteiger partial charge >= 0.3 is 6.36 Å². The number of halogens is 4. The lowest BCUT2D eigenvalue weighted by molar-refractivity contribution is -0.274. The summed E-state index contributed by atoms with van der Waals surface area (Å²) in [5, 5.41) is 1.46. The van der Waals surface area contributed by atoms with Crippen LogP contribution < -0.4 is 4.74 Å². The Hall–Kier alpha value is -2.31. The number of ketones is 1. The fourth-order valence-corrected chi connectivity index (χ4v) is 3.56. The van der Waals surface area contributed by atoms with E-state index in [1.54, 1.807) is 18.2 Å². The molecule has 0 fully saturated rings. The van der Waals surface area contributed by atoms with Crippen LogP contribution in [0.3, 0.4) is 0 Å². The summed E-state index contributed by atoms with van der Waals surface area (Å²) in [6.07, 6.45) is -4.76. The Bertz CT molecular complexity index is 959. The number of carbonyl (C=O) groups excluding carboxylic acids is 1. The third kappa shape index (κ3) is 4.03. The van der Waals surface area contributed by atoms with Crippen molar-refractivity contribution in [2.75, 3.05) is 0 Å². The van der Waals surface area contributed by atoms with Gasteiger partial charge < -0.3 is 4.74 Å². The molecule has 1 aromatic heterocycles. The highest BCUT2D eigenvalue weighted by atomic mass is 35.5. The van der Waals surface area contributed by atoms with Gasteiger partial charge in [-0.1, -0.05) is 36.4 Å². The van der Waals surface area contributed by atoms with Crippen molar-refractivity contribution in [3.63, 3.8) is 0 Å². The minimum Gasteiger partial charge on any atom is -0.406 e. The van der Waals surface area contributed by atoms with Crippen molar-refractivity contribution in [1.29, 1.82) is 0 Å². The average Bonchev–Trinajstić information content (AvgIpc) is 2.95. The zero-order valence-electron chi connectivity index (χ0n) is 12.6. The van der Waals surface area contributed by atoms with E-state index in [1.807, 2.05) is 6.07 Å². The second kappa shape index (κ2) is 6.54. The van der Waals surface area contributed by atoms with Gasteiger partial charge in [0.05, 0.1) is 4.88 Å². The second-order valence-corrected chi connectivity index (χ2v) is 6.69. The molecule has 0 atom stereocenters. The van der Waals surface area contributed by atoms with Gasteiger partial charge in [0, 0.05) is 15.3 Å². The van der Waals surface area contributed by atoms with E-state index < -0.39 is 6.36 Å². The van der Waals surface area contributed by atoms with Crippen molar-refractivity contribution in [2.24, 2.45) is 0 Å². The maximum absolute atomic E-state index is 12.6. The minimum atomic E-state index is -4.76. The van der Waals surface area contributed by atoms with Gasteiger partial charge in [0.2, 0.25) is 5.78 Å². The highest BCUT2D eigenvalue weighted by Gasteiger charge is 2.31. The summed E-state index contributed by atoms with van der Waals surface area (Å²) < 4.78 is 41.2. The fraction of sp³-hybridized carbons (Fsp3) is 0.0556. The number of carbonyl (C=O) groups is 1.